The van der Waals surface area contributed by atoms with E-state index in [1.165, 1.54) is 6.26 Å². The van der Waals surface area contributed by atoms with Crippen molar-refractivity contribution in [2.45, 2.75) is 69.9 Å². The molecule has 0 spiro atoms. The Morgan fingerprint density at radius 3 is 2.39 bits per heavy atom. The average molecular weight is 482 g/mol. The number of amides is 2. The summed E-state index contributed by atoms with van der Waals surface area (Å²) in [6.45, 7) is 10.6. The summed E-state index contributed by atoms with van der Waals surface area (Å²) in [5.74, 6) is 0.0833. The number of hydrogen-bond acceptors (Lipinski definition) is 6. The van der Waals surface area contributed by atoms with E-state index in [2.05, 4.69) is 12.2 Å². The van der Waals surface area contributed by atoms with Crippen molar-refractivity contribution in [1.82, 2.24) is 15.1 Å². The molecular weight excluding hydrogens is 442 g/mol. The molecule has 1 N–H and O–H groups in total. The van der Waals surface area contributed by atoms with Gasteiger partial charge in [0, 0.05) is 44.9 Å². The van der Waals surface area contributed by atoms with E-state index < -0.39 is 15.4 Å². The molecule has 0 bridgehead atoms. The summed E-state index contributed by atoms with van der Waals surface area (Å²) in [5.41, 5.74) is 0.545. The highest BCUT2D eigenvalue weighted by atomic mass is 32.2. The third-order valence-corrected chi connectivity index (χ3v) is 6.61. The number of ether oxygens (including phenoxy) is 1. The number of rotatable bonds is 9. The summed E-state index contributed by atoms with van der Waals surface area (Å²) in [7, 11) is -3.17. The lowest BCUT2D eigenvalue weighted by Gasteiger charge is -2.26. The number of carbonyl (C=O) groups is 2. The van der Waals surface area contributed by atoms with Gasteiger partial charge in [-0.05, 0) is 71.2 Å². The van der Waals surface area contributed by atoms with E-state index in [1.54, 1.807) is 17.0 Å². The lowest BCUT2D eigenvalue weighted by atomic mass is 10.1. The minimum Gasteiger partial charge on any atom is -0.444 e. The number of benzene rings is 1. The van der Waals surface area contributed by atoms with Gasteiger partial charge in [-0.1, -0.05) is 12.1 Å². The Kier molecular flexibility index (Phi) is 9.72. The maximum absolute atomic E-state index is 12.4. The van der Waals surface area contributed by atoms with Crippen LogP contribution < -0.4 is 5.32 Å². The molecule has 1 aliphatic heterocycles. The van der Waals surface area contributed by atoms with E-state index in [1.807, 2.05) is 37.8 Å². The number of nitrogens with zero attached hydrogens (tertiary/aromatic N) is 2. The molecule has 2 amide bonds. The number of hydrogen-bond donors (Lipinski definition) is 1. The van der Waals surface area contributed by atoms with Crippen LogP contribution in [0.3, 0.4) is 0 Å². The first-order valence-electron chi connectivity index (χ1n) is 11.6. The highest BCUT2D eigenvalue weighted by Crippen LogP contribution is 2.14. The summed E-state index contributed by atoms with van der Waals surface area (Å²) >= 11 is 0. The van der Waals surface area contributed by atoms with E-state index in [-0.39, 0.29) is 18.0 Å². The Labute approximate surface area is 198 Å². The molecule has 1 aromatic carbocycles. The molecule has 1 saturated heterocycles. The Hall–Kier alpha value is -2.13. The number of unbranched alkanes of at least 4 members (excludes halogenated alkanes) is 1. The van der Waals surface area contributed by atoms with Crippen LogP contribution in [0.5, 0.6) is 0 Å². The van der Waals surface area contributed by atoms with Crippen LogP contribution in [0.25, 0.3) is 0 Å². The van der Waals surface area contributed by atoms with Crippen molar-refractivity contribution in [3.05, 3.63) is 29.8 Å². The monoisotopic (exact) mass is 481 g/mol. The van der Waals surface area contributed by atoms with Gasteiger partial charge in [0.15, 0.2) is 9.84 Å². The summed E-state index contributed by atoms with van der Waals surface area (Å²) in [6, 6.07) is 7.29. The van der Waals surface area contributed by atoms with Crippen LogP contribution in [0.15, 0.2) is 29.2 Å². The van der Waals surface area contributed by atoms with Gasteiger partial charge in [0.05, 0.1) is 4.90 Å². The first-order valence-corrected chi connectivity index (χ1v) is 13.5. The number of nitrogens with one attached hydrogen (secondary N) is 1. The van der Waals surface area contributed by atoms with Gasteiger partial charge < -0.3 is 19.9 Å². The molecule has 186 valence electrons. The molecule has 9 heteroatoms. The Morgan fingerprint density at radius 2 is 1.79 bits per heavy atom. The summed E-state index contributed by atoms with van der Waals surface area (Å²) < 4.78 is 28.5. The molecule has 0 radical (unpaired) electrons. The standard InChI is InChI=1S/C24H39N3O5S/c1-19(18-20-8-10-21(11-9-20)33(5,30)31)25-13-6-7-14-26-16-17-27(15-12-22(26)28)23(29)32-24(2,3)4/h8-11,19,25H,6-7,12-18H2,1-5H3. The van der Waals surface area contributed by atoms with Crippen molar-refractivity contribution >= 4 is 21.8 Å². The third-order valence-electron chi connectivity index (χ3n) is 5.48. The van der Waals surface area contributed by atoms with Gasteiger partial charge in [0.1, 0.15) is 5.60 Å². The summed E-state index contributed by atoms with van der Waals surface area (Å²) in [5, 5.41) is 3.49. The van der Waals surface area contributed by atoms with Crippen molar-refractivity contribution in [1.29, 1.82) is 0 Å². The van der Waals surface area contributed by atoms with Gasteiger partial charge in [-0.15, -0.1) is 0 Å². The zero-order valence-electron chi connectivity index (χ0n) is 20.6. The van der Waals surface area contributed by atoms with Gasteiger partial charge in [-0.3, -0.25) is 4.79 Å². The molecule has 1 unspecified atom stereocenters. The first kappa shape index (κ1) is 27.1. The third kappa shape index (κ3) is 9.71. The van der Waals surface area contributed by atoms with Gasteiger partial charge >= 0.3 is 6.09 Å². The van der Waals surface area contributed by atoms with E-state index in [4.69, 9.17) is 4.74 Å². The smallest absolute Gasteiger partial charge is 0.410 e. The predicted octanol–water partition coefficient (Wildman–Crippen LogP) is 2.86. The van der Waals surface area contributed by atoms with Gasteiger partial charge in [0.25, 0.3) is 0 Å². The maximum Gasteiger partial charge on any atom is 0.410 e. The molecule has 1 heterocycles. The molecule has 1 fully saturated rings. The molecule has 0 aliphatic carbocycles. The molecule has 1 aromatic rings. The van der Waals surface area contributed by atoms with Crippen LogP contribution in [-0.2, 0) is 25.8 Å². The highest BCUT2D eigenvalue weighted by molar-refractivity contribution is 7.90. The Bertz CT molecular complexity index is 894. The fourth-order valence-corrected chi connectivity index (χ4v) is 4.32. The van der Waals surface area contributed by atoms with Crippen molar-refractivity contribution in [2.24, 2.45) is 0 Å². The largest absolute Gasteiger partial charge is 0.444 e. The lowest BCUT2D eigenvalue weighted by molar-refractivity contribution is -0.130. The minimum atomic E-state index is -3.17. The van der Waals surface area contributed by atoms with Crippen molar-refractivity contribution < 1.29 is 22.7 Å². The quantitative estimate of drug-likeness (QED) is 0.545. The minimum absolute atomic E-state index is 0.0833. The molecule has 1 atom stereocenters. The Balaban J connectivity index is 1.67. The Morgan fingerprint density at radius 1 is 1.12 bits per heavy atom. The second-order valence-electron chi connectivity index (χ2n) is 9.78. The average Bonchev–Trinajstić information content (AvgIpc) is 2.88. The summed E-state index contributed by atoms with van der Waals surface area (Å²) in [6.07, 6.45) is 3.82. The SMILES string of the molecule is CC(Cc1ccc(S(C)(=O)=O)cc1)NCCCCN1CCN(C(=O)OC(C)(C)C)CCC1=O. The van der Waals surface area contributed by atoms with E-state index in [9.17, 15) is 18.0 Å². The van der Waals surface area contributed by atoms with Crippen molar-refractivity contribution in [3.63, 3.8) is 0 Å². The molecule has 0 saturated carbocycles. The van der Waals surface area contributed by atoms with Crippen LogP contribution in [0.1, 0.15) is 52.5 Å². The number of carbonyl (C=O) groups excluding carboxylic acids is 2. The predicted molar refractivity (Wildman–Crippen MR) is 129 cm³/mol. The van der Waals surface area contributed by atoms with Crippen LogP contribution in [-0.4, -0.2) is 80.8 Å². The lowest BCUT2D eigenvalue weighted by Crippen LogP contribution is -2.39. The summed E-state index contributed by atoms with van der Waals surface area (Å²) in [4.78, 5) is 28.5. The molecule has 1 aliphatic rings. The zero-order chi connectivity index (χ0) is 24.6. The van der Waals surface area contributed by atoms with Crippen LogP contribution in [0.4, 0.5) is 4.79 Å². The molecular formula is C24H39N3O5S. The molecule has 33 heavy (non-hydrogen) atoms. The first-order chi connectivity index (χ1) is 15.3. The highest BCUT2D eigenvalue weighted by Gasteiger charge is 2.27. The second kappa shape index (κ2) is 11.8. The van der Waals surface area contributed by atoms with Crippen LogP contribution in [0.2, 0.25) is 0 Å². The van der Waals surface area contributed by atoms with Crippen LogP contribution in [0, 0.1) is 0 Å². The van der Waals surface area contributed by atoms with E-state index >= 15 is 0 Å². The van der Waals surface area contributed by atoms with Crippen molar-refractivity contribution in [2.75, 3.05) is 39.0 Å². The topological polar surface area (TPSA) is 96.0 Å². The van der Waals surface area contributed by atoms with E-state index in [0.29, 0.717) is 37.5 Å². The zero-order valence-corrected chi connectivity index (χ0v) is 21.4. The molecule has 8 nitrogen and oxygen atoms in total. The maximum atomic E-state index is 12.4. The fraction of sp³-hybridized carbons (Fsp3) is 0.667. The van der Waals surface area contributed by atoms with Gasteiger partial charge in [0.2, 0.25) is 5.91 Å². The van der Waals surface area contributed by atoms with Gasteiger partial charge in [-0.25, -0.2) is 13.2 Å². The molecule has 0 aromatic heterocycles. The second-order valence-corrected chi connectivity index (χ2v) is 11.8. The van der Waals surface area contributed by atoms with Crippen LogP contribution >= 0.6 is 0 Å². The number of sulfone groups is 1. The van der Waals surface area contributed by atoms with Gasteiger partial charge in [-0.2, -0.15) is 0 Å². The molecule has 2 rings (SSSR count). The van der Waals surface area contributed by atoms with E-state index in [0.717, 1.165) is 31.4 Å². The fourth-order valence-electron chi connectivity index (χ4n) is 3.69. The normalized spacial score (nSPS) is 16.5. The van der Waals surface area contributed by atoms with Crippen molar-refractivity contribution in [3.8, 4) is 0 Å².